The Bertz CT molecular complexity index is 693. The van der Waals surface area contributed by atoms with Gasteiger partial charge in [-0.3, -0.25) is 10.00 Å². The first-order valence-corrected chi connectivity index (χ1v) is 8.13. The van der Waals surface area contributed by atoms with E-state index in [1.54, 1.807) is 6.07 Å². The van der Waals surface area contributed by atoms with Crippen LogP contribution in [0, 0.1) is 0 Å². The number of H-pyrrole nitrogens is 1. The third-order valence-corrected chi connectivity index (χ3v) is 4.40. The Labute approximate surface area is 139 Å². The molecule has 1 aliphatic heterocycles. The van der Waals surface area contributed by atoms with Gasteiger partial charge in [-0.05, 0) is 30.5 Å². The normalized spacial score (nSPS) is 19.3. The Morgan fingerprint density at radius 2 is 2.12 bits per heavy atom. The molecule has 0 aliphatic carbocycles. The monoisotopic (exact) mass is 338 g/mol. The number of hydrogen-bond donors (Lipinski definition) is 1. The summed E-state index contributed by atoms with van der Waals surface area (Å²) >= 11 is 0. The van der Waals surface area contributed by atoms with E-state index in [4.69, 9.17) is 0 Å². The van der Waals surface area contributed by atoms with Crippen molar-refractivity contribution in [2.75, 3.05) is 13.1 Å². The molecular formula is C17H21F3N4. The molecule has 1 atom stereocenters. The van der Waals surface area contributed by atoms with Crippen LogP contribution in [-0.4, -0.2) is 33.2 Å². The standard InChI is InChI=1S/C17H21F3N4/c1-11(2)16-21-15(22-23-16)10-24-7-6-13(9-24)12-4-3-5-14(8-12)17(18,19)20/h3-5,8,11,13H,6-7,9-10H2,1-2H3,(H,21,22,23). The third kappa shape index (κ3) is 3.77. The summed E-state index contributed by atoms with van der Waals surface area (Å²) in [6.45, 7) is 6.30. The Morgan fingerprint density at radius 3 is 2.79 bits per heavy atom. The molecule has 1 aromatic carbocycles. The van der Waals surface area contributed by atoms with E-state index in [2.05, 4.69) is 20.1 Å². The van der Waals surface area contributed by atoms with E-state index in [0.717, 1.165) is 42.8 Å². The third-order valence-electron chi connectivity index (χ3n) is 4.40. The maximum absolute atomic E-state index is 12.9. The fourth-order valence-electron chi connectivity index (χ4n) is 3.07. The van der Waals surface area contributed by atoms with Gasteiger partial charge >= 0.3 is 6.18 Å². The van der Waals surface area contributed by atoms with Gasteiger partial charge in [-0.15, -0.1) is 0 Å². The van der Waals surface area contributed by atoms with E-state index < -0.39 is 11.7 Å². The average molecular weight is 338 g/mol. The van der Waals surface area contributed by atoms with Gasteiger partial charge in [0.15, 0.2) is 5.82 Å². The highest BCUT2D eigenvalue weighted by molar-refractivity contribution is 5.29. The number of hydrogen-bond acceptors (Lipinski definition) is 3. The number of aromatic amines is 1. The SMILES string of the molecule is CC(C)c1n[nH]c(CN2CCC(c3cccc(C(F)(F)F)c3)C2)n1. The van der Waals surface area contributed by atoms with Crippen LogP contribution < -0.4 is 0 Å². The molecule has 1 aromatic heterocycles. The number of nitrogens with zero attached hydrogens (tertiary/aromatic N) is 3. The van der Waals surface area contributed by atoms with Gasteiger partial charge in [-0.2, -0.15) is 18.3 Å². The van der Waals surface area contributed by atoms with Crippen LogP contribution in [0.3, 0.4) is 0 Å². The number of alkyl halides is 3. The van der Waals surface area contributed by atoms with Gasteiger partial charge in [0.1, 0.15) is 5.82 Å². The minimum atomic E-state index is -4.29. The summed E-state index contributed by atoms with van der Waals surface area (Å²) in [5, 5.41) is 7.13. The predicted octanol–water partition coefficient (Wildman–Crippen LogP) is 3.94. The molecule has 1 N–H and O–H groups in total. The van der Waals surface area contributed by atoms with Crippen LogP contribution in [0.2, 0.25) is 0 Å². The van der Waals surface area contributed by atoms with Gasteiger partial charge < -0.3 is 0 Å². The van der Waals surface area contributed by atoms with Gasteiger partial charge in [0.25, 0.3) is 0 Å². The van der Waals surface area contributed by atoms with Crippen molar-refractivity contribution < 1.29 is 13.2 Å². The second-order valence-electron chi connectivity index (χ2n) is 6.64. The van der Waals surface area contributed by atoms with E-state index >= 15 is 0 Å². The Kier molecular flexibility index (Phi) is 4.62. The minimum Gasteiger partial charge on any atom is -0.295 e. The van der Waals surface area contributed by atoms with Crippen LogP contribution in [-0.2, 0) is 12.7 Å². The summed E-state index contributed by atoms with van der Waals surface area (Å²) in [5.41, 5.74) is 0.183. The van der Waals surface area contributed by atoms with Gasteiger partial charge in [-0.1, -0.05) is 32.0 Å². The van der Waals surface area contributed by atoms with Crippen molar-refractivity contribution >= 4 is 0 Å². The molecule has 0 radical (unpaired) electrons. The number of likely N-dealkylation sites (tertiary alicyclic amines) is 1. The molecule has 1 unspecified atom stereocenters. The minimum absolute atomic E-state index is 0.125. The lowest BCUT2D eigenvalue weighted by molar-refractivity contribution is -0.137. The first-order valence-electron chi connectivity index (χ1n) is 8.13. The number of nitrogens with one attached hydrogen (secondary N) is 1. The van der Waals surface area contributed by atoms with Gasteiger partial charge in [-0.25, -0.2) is 4.98 Å². The summed E-state index contributed by atoms with van der Waals surface area (Å²) in [5.74, 6) is 1.99. The molecule has 7 heteroatoms. The second-order valence-corrected chi connectivity index (χ2v) is 6.64. The molecule has 1 aliphatic rings. The summed E-state index contributed by atoms with van der Waals surface area (Å²) < 4.78 is 38.6. The van der Waals surface area contributed by atoms with Gasteiger partial charge in [0, 0.05) is 12.5 Å². The highest BCUT2D eigenvalue weighted by atomic mass is 19.4. The van der Waals surface area contributed by atoms with Crippen LogP contribution >= 0.6 is 0 Å². The van der Waals surface area contributed by atoms with Crippen molar-refractivity contribution in [1.82, 2.24) is 20.1 Å². The van der Waals surface area contributed by atoms with Crippen LogP contribution in [0.4, 0.5) is 13.2 Å². The van der Waals surface area contributed by atoms with E-state index in [1.807, 2.05) is 13.8 Å². The Balaban J connectivity index is 1.65. The fourth-order valence-corrected chi connectivity index (χ4v) is 3.07. The predicted molar refractivity (Wildman–Crippen MR) is 84.6 cm³/mol. The van der Waals surface area contributed by atoms with Crippen molar-refractivity contribution in [1.29, 1.82) is 0 Å². The van der Waals surface area contributed by atoms with Gasteiger partial charge in [0.2, 0.25) is 0 Å². The van der Waals surface area contributed by atoms with E-state index in [-0.39, 0.29) is 11.8 Å². The second kappa shape index (κ2) is 6.55. The quantitative estimate of drug-likeness (QED) is 0.918. The highest BCUT2D eigenvalue weighted by Gasteiger charge is 2.32. The Hall–Kier alpha value is -1.89. The zero-order valence-electron chi connectivity index (χ0n) is 13.8. The summed E-state index contributed by atoms with van der Waals surface area (Å²) in [6, 6.07) is 5.68. The molecule has 3 rings (SSSR count). The Morgan fingerprint density at radius 1 is 1.33 bits per heavy atom. The van der Waals surface area contributed by atoms with E-state index in [0.29, 0.717) is 6.54 Å². The van der Waals surface area contributed by atoms with Crippen LogP contribution in [0.1, 0.15) is 54.9 Å². The van der Waals surface area contributed by atoms with Crippen molar-refractivity contribution in [2.24, 2.45) is 0 Å². The molecule has 0 saturated carbocycles. The van der Waals surface area contributed by atoms with Crippen LogP contribution in [0.25, 0.3) is 0 Å². The fraction of sp³-hybridized carbons (Fsp3) is 0.529. The molecule has 130 valence electrons. The van der Waals surface area contributed by atoms with Crippen LogP contribution in [0.5, 0.6) is 0 Å². The smallest absolute Gasteiger partial charge is 0.295 e. The zero-order chi connectivity index (χ0) is 17.3. The molecule has 24 heavy (non-hydrogen) atoms. The van der Waals surface area contributed by atoms with Crippen molar-refractivity contribution in [3.63, 3.8) is 0 Å². The lowest BCUT2D eigenvalue weighted by atomic mass is 9.96. The lowest BCUT2D eigenvalue weighted by Crippen LogP contribution is -2.20. The first kappa shape index (κ1) is 17.0. The molecule has 4 nitrogen and oxygen atoms in total. The zero-order valence-corrected chi connectivity index (χ0v) is 13.8. The highest BCUT2D eigenvalue weighted by Crippen LogP contribution is 2.34. The maximum atomic E-state index is 12.9. The maximum Gasteiger partial charge on any atom is 0.416 e. The number of benzene rings is 1. The molecule has 2 aromatic rings. The van der Waals surface area contributed by atoms with E-state index in [1.165, 1.54) is 12.1 Å². The van der Waals surface area contributed by atoms with E-state index in [9.17, 15) is 13.2 Å². The molecule has 1 fully saturated rings. The van der Waals surface area contributed by atoms with Crippen molar-refractivity contribution in [2.45, 2.75) is 44.8 Å². The number of halogens is 3. The number of aromatic nitrogens is 3. The topological polar surface area (TPSA) is 44.8 Å². The van der Waals surface area contributed by atoms with Crippen molar-refractivity contribution in [3.8, 4) is 0 Å². The number of rotatable bonds is 4. The molecule has 1 saturated heterocycles. The molecule has 0 bridgehead atoms. The molecule has 0 amide bonds. The molecule has 2 heterocycles. The largest absolute Gasteiger partial charge is 0.416 e. The lowest BCUT2D eigenvalue weighted by Gasteiger charge is -2.15. The summed E-state index contributed by atoms with van der Waals surface area (Å²) in [6.07, 6.45) is -3.44. The molecule has 0 spiro atoms. The first-order chi connectivity index (χ1) is 11.3. The van der Waals surface area contributed by atoms with Gasteiger partial charge in [0.05, 0.1) is 12.1 Å². The summed E-state index contributed by atoms with van der Waals surface area (Å²) in [7, 11) is 0. The average Bonchev–Trinajstić information content (AvgIpc) is 3.16. The summed E-state index contributed by atoms with van der Waals surface area (Å²) in [4.78, 5) is 6.66. The molecular weight excluding hydrogens is 317 g/mol. The van der Waals surface area contributed by atoms with Crippen molar-refractivity contribution in [3.05, 3.63) is 47.0 Å². The van der Waals surface area contributed by atoms with Crippen LogP contribution in [0.15, 0.2) is 24.3 Å².